The van der Waals surface area contributed by atoms with Crippen LogP contribution in [-0.4, -0.2) is 18.1 Å². The molecular weight excluding hydrogens is 336 g/mol. The maximum absolute atomic E-state index is 11.8. The number of aryl methyl sites for hydroxylation is 3. The summed E-state index contributed by atoms with van der Waals surface area (Å²) in [5.74, 6) is -0.352. The monoisotopic (exact) mass is 356 g/mol. The van der Waals surface area contributed by atoms with E-state index in [0.29, 0.717) is 5.56 Å². The van der Waals surface area contributed by atoms with Gasteiger partial charge in [0.25, 0.3) is 0 Å². The number of methoxy groups -OCH3 is 1. The quantitative estimate of drug-likeness (QED) is 0.662. The number of pyridine rings is 1. The molecule has 130 valence electrons. The lowest BCUT2D eigenvalue weighted by Crippen LogP contribution is -2.02. The van der Waals surface area contributed by atoms with E-state index in [4.69, 9.17) is 4.74 Å². The Morgan fingerprint density at radius 2 is 1.76 bits per heavy atom. The molecule has 0 fully saturated rings. The molecule has 1 aromatic heterocycles. The molecular formula is C20H21ClN2O2. The number of nitrogens with one attached hydrogen (secondary N) is 1. The molecule has 1 heterocycles. The molecule has 0 aliphatic carbocycles. The van der Waals surface area contributed by atoms with E-state index in [0.717, 1.165) is 28.0 Å². The standard InChI is InChI=1S/C20H20N2O2.ClH/c1-12-5-7-16(9-13(12)2)22-19-10-14(3)21-18-8-6-15(11-17(18)19)20(23)24-4;/h5-11H,1-4H3,(H,21,22);1H. The molecule has 0 atom stereocenters. The summed E-state index contributed by atoms with van der Waals surface area (Å²) < 4.78 is 4.82. The first kappa shape index (κ1) is 18.7. The number of benzene rings is 2. The van der Waals surface area contributed by atoms with Crippen LogP contribution in [0.5, 0.6) is 0 Å². The number of carbonyl (C=O) groups is 1. The van der Waals surface area contributed by atoms with E-state index in [1.165, 1.54) is 18.2 Å². The van der Waals surface area contributed by atoms with Crippen LogP contribution in [0.3, 0.4) is 0 Å². The fraction of sp³-hybridized carbons (Fsp3) is 0.200. The lowest BCUT2D eigenvalue weighted by molar-refractivity contribution is 0.0601. The van der Waals surface area contributed by atoms with Crippen LogP contribution in [-0.2, 0) is 4.74 Å². The van der Waals surface area contributed by atoms with E-state index in [2.05, 4.69) is 36.3 Å². The Morgan fingerprint density at radius 1 is 1.00 bits per heavy atom. The van der Waals surface area contributed by atoms with Crippen LogP contribution in [0.1, 0.15) is 27.2 Å². The summed E-state index contributed by atoms with van der Waals surface area (Å²) in [6.45, 7) is 6.14. The van der Waals surface area contributed by atoms with Crippen molar-refractivity contribution in [2.45, 2.75) is 20.8 Å². The first-order valence-electron chi connectivity index (χ1n) is 7.82. The van der Waals surface area contributed by atoms with Gasteiger partial charge in [0.05, 0.1) is 18.2 Å². The first-order chi connectivity index (χ1) is 11.5. The zero-order valence-corrected chi connectivity index (χ0v) is 15.5. The van der Waals surface area contributed by atoms with Gasteiger partial charge in [-0.3, -0.25) is 4.98 Å². The summed E-state index contributed by atoms with van der Waals surface area (Å²) in [5, 5.41) is 4.34. The number of ether oxygens (including phenoxy) is 1. The van der Waals surface area contributed by atoms with Gasteiger partial charge in [0.15, 0.2) is 0 Å². The Bertz CT molecular complexity index is 938. The number of nitrogens with zero attached hydrogens (tertiary/aromatic N) is 1. The van der Waals surface area contributed by atoms with E-state index < -0.39 is 0 Å². The van der Waals surface area contributed by atoms with E-state index in [1.807, 2.05) is 31.2 Å². The Hall–Kier alpha value is -2.59. The van der Waals surface area contributed by atoms with Crippen LogP contribution in [0, 0.1) is 20.8 Å². The van der Waals surface area contributed by atoms with Crippen LogP contribution in [0.2, 0.25) is 0 Å². The lowest BCUT2D eigenvalue weighted by atomic mass is 10.1. The Morgan fingerprint density at radius 3 is 2.44 bits per heavy atom. The van der Waals surface area contributed by atoms with Crippen molar-refractivity contribution in [3.63, 3.8) is 0 Å². The van der Waals surface area contributed by atoms with E-state index in [1.54, 1.807) is 6.07 Å². The molecule has 0 amide bonds. The van der Waals surface area contributed by atoms with Gasteiger partial charge in [-0.25, -0.2) is 4.79 Å². The maximum atomic E-state index is 11.8. The Balaban J connectivity index is 0.00000225. The molecule has 4 nitrogen and oxygen atoms in total. The van der Waals surface area contributed by atoms with Crippen molar-refractivity contribution < 1.29 is 9.53 Å². The lowest BCUT2D eigenvalue weighted by Gasteiger charge is -2.13. The predicted molar refractivity (Wildman–Crippen MR) is 104 cm³/mol. The van der Waals surface area contributed by atoms with Crippen LogP contribution >= 0.6 is 12.4 Å². The number of hydrogen-bond donors (Lipinski definition) is 1. The first-order valence-corrected chi connectivity index (χ1v) is 7.82. The van der Waals surface area contributed by atoms with Gasteiger partial charge in [0.2, 0.25) is 0 Å². The van der Waals surface area contributed by atoms with Crippen molar-refractivity contribution >= 4 is 40.7 Å². The molecule has 0 saturated carbocycles. The average Bonchev–Trinajstić information content (AvgIpc) is 2.57. The van der Waals surface area contributed by atoms with Crippen molar-refractivity contribution in [3.05, 3.63) is 64.8 Å². The van der Waals surface area contributed by atoms with E-state index in [-0.39, 0.29) is 18.4 Å². The van der Waals surface area contributed by atoms with Gasteiger partial charge in [0, 0.05) is 22.5 Å². The highest BCUT2D eigenvalue weighted by molar-refractivity contribution is 5.99. The summed E-state index contributed by atoms with van der Waals surface area (Å²) >= 11 is 0. The van der Waals surface area contributed by atoms with Gasteiger partial charge in [-0.05, 0) is 68.3 Å². The zero-order chi connectivity index (χ0) is 17.3. The molecule has 5 heteroatoms. The molecule has 0 spiro atoms. The van der Waals surface area contributed by atoms with Gasteiger partial charge in [-0.2, -0.15) is 0 Å². The number of carbonyl (C=O) groups excluding carboxylic acids is 1. The number of esters is 1. The topological polar surface area (TPSA) is 51.2 Å². The Labute approximate surface area is 153 Å². The second kappa shape index (κ2) is 7.53. The largest absolute Gasteiger partial charge is 0.465 e. The molecule has 0 bridgehead atoms. The van der Waals surface area contributed by atoms with Crippen LogP contribution in [0.25, 0.3) is 10.9 Å². The van der Waals surface area contributed by atoms with Gasteiger partial charge in [0.1, 0.15) is 0 Å². The van der Waals surface area contributed by atoms with Crippen LogP contribution < -0.4 is 5.32 Å². The second-order valence-corrected chi connectivity index (χ2v) is 5.96. The molecule has 0 radical (unpaired) electrons. The average molecular weight is 357 g/mol. The maximum Gasteiger partial charge on any atom is 0.337 e. The predicted octanol–water partition coefficient (Wildman–Crippen LogP) is 5.11. The fourth-order valence-corrected chi connectivity index (χ4v) is 2.68. The summed E-state index contributed by atoms with van der Waals surface area (Å²) in [4.78, 5) is 16.4. The SMILES string of the molecule is COC(=O)c1ccc2nc(C)cc(Nc3ccc(C)c(C)c3)c2c1.Cl. The number of rotatable bonds is 3. The highest BCUT2D eigenvalue weighted by Gasteiger charge is 2.10. The van der Waals surface area contributed by atoms with Gasteiger partial charge >= 0.3 is 5.97 Å². The summed E-state index contributed by atoms with van der Waals surface area (Å²) in [6.07, 6.45) is 0. The molecule has 25 heavy (non-hydrogen) atoms. The minimum absolute atomic E-state index is 0. The molecule has 1 N–H and O–H groups in total. The highest BCUT2D eigenvalue weighted by Crippen LogP contribution is 2.28. The third-order valence-corrected chi connectivity index (χ3v) is 4.14. The zero-order valence-electron chi connectivity index (χ0n) is 14.7. The summed E-state index contributed by atoms with van der Waals surface area (Å²) in [6, 6.07) is 13.6. The molecule has 3 rings (SSSR count). The number of aromatic nitrogens is 1. The van der Waals surface area contributed by atoms with Crippen LogP contribution in [0.15, 0.2) is 42.5 Å². The number of fused-ring (bicyclic) bond motifs is 1. The molecule has 0 aliphatic rings. The van der Waals surface area contributed by atoms with Gasteiger partial charge in [-0.15, -0.1) is 12.4 Å². The molecule has 0 aliphatic heterocycles. The minimum atomic E-state index is -0.352. The minimum Gasteiger partial charge on any atom is -0.465 e. The summed E-state index contributed by atoms with van der Waals surface area (Å²) in [7, 11) is 1.38. The Kier molecular flexibility index (Phi) is 5.65. The third kappa shape index (κ3) is 3.91. The number of anilines is 2. The van der Waals surface area contributed by atoms with E-state index >= 15 is 0 Å². The highest BCUT2D eigenvalue weighted by atomic mass is 35.5. The van der Waals surface area contributed by atoms with Crippen molar-refractivity contribution in [1.29, 1.82) is 0 Å². The smallest absolute Gasteiger partial charge is 0.337 e. The molecule has 0 saturated heterocycles. The van der Waals surface area contributed by atoms with Crippen molar-refractivity contribution in [3.8, 4) is 0 Å². The molecule has 2 aromatic carbocycles. The third-order valence-electron chi connectivity index (χ3n) is 4.14. The van der Waals surface area contributed by atoms with Crippen LogP contribution in [0.4, 0.5) is 11.4 Å². The van der Waals surface area contributed by atoms with Gasteiger partial charge in [-0.1, -0.05) is 6.07 Å². The fourth-order valence-electron chi connectivity index (χ4n) is 2.68. The van der Waals surface area contributed by atoms with Crippen molar-refractivity contribution in [1.82, 2.24) is 4.98 Å². The van der Waals surface area contributed by atoms with E-state index in [9.17, 15) is 4.79 Å². The van der Waals surface area contributed by atoms with Gasteiger partial charge < -0.3 is 10.1 Å². The molecule has 0 unspecified atom stereocenters. The number of hydrogen-bond acceptors (Lipinski definition) is 4. The normalized spacial score (nSPS) is 10.2. The van der Waals surface area contributed by atoms with Crippen molar-refractivity contribution in [2.24, 2.45) is 0 Å². The second-order valence-electron chi connectivity index (χ2n) is 5.96. The number of halogens is 1. The summed E-state index contributed by atoms with van der Waals surface area (Å²) in [5.41, 5.74) is 6.68. The van der Waals surface area contributed by atoms with Crippen molar-refractivity contribution in [2.75, 3.05) is 12.4 Å². The molecule has 3 aromatic rings.